The number of aromatic nitrogens is 1. The van der Waals surface area contributed by atoms with Gasteiger partial charge in [-0.05, 0) is 38.5 Å². The van der Waals surface area contributed by atoms with E-state index in [0.29, 0.717) is 40.4 Å². The molecule has 1 aliphatic heterocycles. The van der Waals surface area contributed by atoms with Gasteiger partial charge in [-0.25, -0.2) is 4.98 Å². The minimum Gasteiger partial charge on any atom is -0.508 e. The number of primary amides is 1. The number of carbonyl (C=O) groups excluding carboxylic acids is 1. The van der Waals surface area contributed by atoms with Crippen LogP contribution in [0.5, 0.6) is 11.6 Å². The first kappa shape index (κ1) is 18.3. The molecule has 1 aliphatic rings. The number of hydrogen-bond acceptors (Lipinski definition) is 6. The molecular weight excluding hydrogens is 344 g/mol. The molecule has 0 unspecified atom stereocenters. The molecular formula is C20H20N4O3. The fourth-order valence-electron chi connectivity index (χ4n) is 3.41. The molecule has 0 radical (unpaired) electrons. The maximum absolute atomic E-state index is 12.3. The molecule has 0 saturated heterocycles. The maximum atomic E-state index is 12.3. The predicted octanol–water partition coefficient (Wildman–Crippen LogP) is 2.68. The summed E-state index contributed by atoms with van der Waals surface area (Å²) in [6, 6.07) is 6.58. The highest BCUT2D eigenvalue weighted by Gasteiger charge is 2.36. The van der Waals surface area contributed by atoms with E-state index in [0.717, 1.165) is 11.3 Å². The van der Waals surface area contributed by atoms with Crippen LogP contribution in [-0.2, 0) is 4.79 Å². The van der Waals surface area contributed by atoms with Crippen molar-refractivity contribution in [1.29, 1.82) is 5.26 Å². The Bertz CT molecular complexity index is 1010. The number of phenolic OH excluding ortho intramolecular Hbond substituents is 1. The number of amides is 1. The van der Waals surface area contributed by atoms with Crippen molar-refractivity contribution in [3.05, 3.63) is 57.9 Å². The second-order valence-corrected chi connectivity index (χ2v) is 6.31. The van der Waals surface area contributed by atoms with Gasteiger partial charge in [-0.1, -0.05) is 6.07 Å². The van der Waals surface area contributed by atoms with Gasteiger partial charge >= 0.3 is 0 Å². The van der Waals surface area contributed by atoms with Gasteiger partial charge in [0.1, 0.15) is 5.75 Å². The number of phenols is 1. The average Bonchev–Trinajstić information content (AvgIpc) is 2.63. The van der Waals surface area contributed by atoms with Gasteiger partial charge in [0.05, 0.1) is 35.4 Å². The molecule has 1 atom stereocenters. The van der Waals surface area contributed by atoms with Crippen molar-refractivity contribution >= 4 is 11.6 Å². The smallest absolute Gasteiger partial charge is 0.247 e. The zero-order valence-electron chi connectivity index (χ0n) is 15.3. The van der Waals surface area contributed by atoms with E-state index in [2.05, 4.69) is 10.3 Å². The molecule has 7 heteroatoms. The standard InChI is InChI=1S/C20H20N4O3/c1-4-27-20-17-16(13-6-5-12(8-21)7-14(13)25)15(19(22)26)11(3)24-18(17)10(2)9-23-20/h5-7,9,16,24-25H,4H2,1-3H3,(H2,22,26)/t16-/m1/s1. The molecule has 3 rings (SSSR count). The lowest BCUT2D eigenvalue weighted by Gasteiger charge is -2.32. The van der Waals surface area contributed by atoms with Crippen molar-refractivity contribution in [2.75, 3.05) is 11.9 Å². The molecule has 0 aliphatic carbocycles. The van der Waals surface area contributed by atoms with Crippen molar-refractivity contribution < 1.29 is 14.6 Å². The molecule has 0 bridgehead atoms. The number of hydrogen-bond donors (Lipinski definition) is 3. The van der Waals surface area contributed by atoms with Crippen molar-refractivity contribution in [3.63, 3.8) is 0 Å². The highest BCUT2D eigenvalue weighted by atomic mass is 16.5. The summed E-state index contributed by atoms with van der Waals surface area (Å²) in [6.07, 6.45) is 1.69. The summed E-state index contributed by atoms with van der Waals surface area (Å²) < 4.78 is 5.70. The molecule has 0 spiro atoms. The van der Waals surface area contributed by atoms with Gasteiger partial charge in [-0.3, -0.25) is 4.79 Å². The van der Waals surface area contributed by atoms with E-state index in [4.69, 9.17) is 15.7 Å². The van der Waals surface area contributed by atoms with Crippen molar-refractivity contribution in [3.8, 4) is 17.7 Å². The Morgan fingerprint density at radius 1 is 1.44 bits per heavy atom. The summed E-state index contributed by atoms with van der Waals surface area (Å²) in [7, 11) is 0. The van der Waals surface area contributed by atoms with Gasteiger partial charge in [-0.15, -0.1) is 0 Å². The summed E-state index contributed by atoms with van der Waals surface area (Å²) in [5.74, 6) is -1.00. The summed E-state index contributed by atoms with van der Waals surface area (Å²) in [5, 5.41) is 22.9. The third kappa shape index (κ3) is 3.06. The molecule has 0 saturated carbocycles. The number of nitrogens with two attached hydrogens (primary N) is 1. The van der Waals surface area contributed by atoms with Gasteiger partial charge in [0.2, 0.25) is 11.8 Å². The molecule has 7 nitrogen and oxygen atoms in total. The van der Waals surface area contributed by atoms with E-state index in [-0.39, 0.29) is 5.75 Å². The first-order chi connectivity index (χ1) is 12.9. The molecule has 1 aromatic heterocycles. The third-order valence-electron chi connectivity index (χ3n) is 4.58. The van der Waals surface area contributed by atoms with Crippen molar-refractivity contribution in [1.82, 2.24) is 4.98 Å². The number of aromatic hydroxyl groups is 1. The van der Waals surface area contributed by atoms with Crippen LogP contribution in [0.3, 0.4) is 0 Å². The Morgan fingerprint density at radius 2 is 2.19 bits per heavy atom. The second kappa shape index (κ2) is 7.00. The Labute approximate surface area is 157 Å². The van der Waals surface area contributed by atoms with Crippen LogP contribution in [0, 0.1) is 18.3 Å². The third-order valence-corrected chi connectivity index (χ3v) is 4.58. The van der Waals surface area contributed by atoms with Crippen LogP contribution in [0.15, 0.2) is 35.7 Å². The maximum Gasteiger partial charge on any atom is 0.247 e. The number of nitrogens with zero attached hydrogens (tertiary/aromatic N) is 2. The first-order valence-corrected chi connectivity index (χ1v) is 8.51. The quantitative estimate of drug-likeness (QED) is 0.767. The van der Waals surface area contributed by atoms with E-state index < -0.39 is 11.8 Å². The Hall–Kier alpha value is -3.53. The second-order valence-electron chi connectivity index (χ2n) is 6.31. The molecule has 27 heavy (non-hydrogen) atoms. The van der Waals surface area contributed by atoms with Crippen LogP contribution >= 0.6 is 0 Å². The van der Waals surface area contributed by atoms with Crippen LogP contribution in [0.4, 0.5) is 5.69 Å². The van der Waals surface area contributed by atoms with E-state index in [1.807, 2.05) is 19.9 Å². The van der Waals surface area contributed by atoms with Crippen molar-refractivity contribution in [2.45, 2.75) is 26.7 Å². The minimum atomic E-state index is -0.666. The Morgan fingerprint density at radius 3 is 2.78 bits per heavy atom. The number of anilines is 1. The highest BCUT2D eigenvalue weighted by Crippen LogP contribution is 2.48. The number of carbonyl (C=O) groups is 1. The number of aryl methyl sites for hydroxylation is 1. The minimum absolute atomic E-state index is 0.0950. The number of pyridine rings is 1. The van der Waals surface area contributed by atoms with Crippen LogP contribution in [0.2, 0.25) is 0 Å². The van der Waals surface area contributed by atoms with E-state index >= 15 is 0 Å². The molecule has 2 aromatic rings. The van der Waals surface area contributed by atoms with Crippen molar-refractivity contribution in [2.24, 2.45) is 5.73 Å². The average molecular weight is 364 g/mol. The number of allylic oxidation sites excluding steroid dienone is 1. The normalized spacial score (nSPS) is 15.6. The highest BCUT2D eigenvalue weighted by molar-refractivity contribution is 5.98. The topological polar surface area (TPSA) is 121 Å². The number of rotatable bonds is 4. The van der Waals surface area contributed by atoms with E-state index in [1.54, 1.807) is 25.3 Å². The summed E-state index contributed by atoms with van der Waals surface area (Å²) >= 11 is 0. The lowest BCUT2D eigenvalue weighted by molar-refractivity contribution is -0.114. The van der Waals surface area contributed by atoms with Crippen LogP contribution in [0.1, 0.15) is 42.0 Å². The SMILES string of the molecule is CCOc1ncc(C)c2c1[C@H](c1ccc(C#N)cc1O)C(C(N)=O)=C(C)N2. The van der Waals surface area contributed by atoms with Gasteiger partial charge in [0.25, 0.3) is 0 Å². The molecule has 1 amide bonds. The number of nitriles is 1. The van der Waals surface area contributed by atoms with E-state index in [1.165, 1.54) is 6.07 Å². The summed E-state index contributed by atoms with van der Waals surface area (Å²) in [4.78, 5) is 16.6. The zero-order valence-corrected chi connectivity index (χ0v) is 15.3. The molecule has 2 heterocycles. The van der Waals surface area contributed by atoms with Gasteiger partial charge in [0.15, 0.2) is 0 Å². The predicted molar refractivity (Wildman–Crippen MR) is 100 cm³/mol. The number of nitrogens with one attached hydrogen (secondary N) is 1. The fourth-order valence-corrected chi connectivity index (χ4v) is 3.41. The fraction of sp³-hybridized carbons (Fsp3) is 0.250. The Kier molecular flexibility index (Phi) is 4.74. The molecule has 0 fully saturated rings. The monoisotopic (exact) mass is 364 g/mol. The van der Waals surface area contributed by atoms with Crippen LogP contribution in [0.25, 0.3) is 0 Å². The zero-order chi connectivity index (χ0) is 19.7. The molecule has 4 N–H and O–H groups in total. The molecule has 138 valence electrons. The molecule has 1 aromatic carbocycles. The summed E-state index contributed by atoms with van der Waals surface area (Å²) in [5.41, 5.74) is 9.64. The van der Waals surface area contributed by atoms with Crippen LogP contribution in [-0.4, -0.2) is 22.6 Å². The number of ether oxygens (including phenoxy) is 1. The Balaban J connectivity index is 2.35. The number of benzene rings is 1. The first-order valence-electron chi connectivity index (χ1n) is 8.51. The van der Waals surface area contributed by atoms with Gasteiger partial charge in [0, 0.05) is 23.0 Å². The van der Waals surface area contributed by atoms with Gasteiger partial charge < -0.3 is 20.9 Å². The number of fused-ring (bicyclic) bond motifs is 1. The lowest BCUT2D eigenvalue weighted by Crippen LogP contribution is -2.28. The van der Waals surface area contributed by atoms with E-state index in [9.17, 15) is 9.90 Å². The lowest BCUT2D eigenvalue weighted by atomic mass is 9.79. The summed E-state index contributed by atoms with van der Waals surface area (Å²) in [6.45, 7) is 5.89. The largest absolute Gasteiger partial charge is 0.508 e. The van der Waals surface area contributed by atoms with Crippen LogP contribution < -0.4 is 15.8 Å². The van der Waals surface area contributed by atoms with Gasteiger partial charge in [-0.2, -0.15) is 5.26 Å².